The molecule has 0 saturated heterocycles. The lowest BCUT2D eigenvalue weighted by atomic mass is 10.1. The third-order valence-corrected chi connectivity index (χ3v) is 3.66. The predicted molar refractivity (Wildman–Crippen MR) is 79.1 cm³/mol. The van der Waals surface area contributed by atoms with E-state index in [1.807, 2.05) is 30.3 Å². The Balaban J connectivity index is 1.95. The van der Waals surface area contributed by atoms with Crippen molar-refractivity contribution in [1.29, 1.82) is 0 Å². The second-order valence-electron chi connectivity index (χ2n) is 4.16. The molecule has 102 valence electrons. The summed E-state index contributed by atoms with van der Waals surface area (Å²) in [6, 6.07) is 14.1. The smallest absolute Gasteiger partial charge is 0.328 e. The Kier molecular flexibility index (Phi) is 4.96. The summed E-state index contributed by atoms with van der Waals surface area (Å²) in [5.74, 6) is -0.452. The van der Waals surface area contributed by atoms with E-state index in [-0.39, 0.29) is 5.82 Å². The molecule has 0 spiro atoms. The fraction of sp³-hybridized carbons (Fsp3) is 0.0625. The summed E-state index contributed by atoms with van der Waals surface area (Å²) in [5.41, 5.74) is 1.94. The zero-order valence-electron chi connectivity index (χ0n) is 10.6. The largest absolute Gasteiger partial charge is 0.478 e. The molecule has 2 aromatic carbocycles. The Bertz CT molecular complexity index is 621. The van der Waals surface area contributed by atoms with E-state index in [0.29, 0.717) is 0 Å². The molecule has 0 saturated carbocycles. The molecule has 4 heteroatoms. The van der Waals surface area contributed by atoms with Gasteiger partial charge in [0, 0.05) is 16.7 Å². The first kappa shape index (κ1) is 14.3. The number of rotatable bonds is 5. The van der Waals surface area contributed by atoms with Crippen LogP contribution in [0.15, 0.2) is 59.5 Å². The fourth-order valence-corrected chi connectivity index (χ4v) is 2.51. The molecule has 0 aromatic heterocycles. The maximum atomic E-state index is 13.0. The number of aliphatic carboxylic acids is 1. The second-order valence-corrected chi connectivity index (χ2v) is 5.21. The van der Waals surface area contributed by atoms with E-state index in [2.05, 4.69) is 0 Å². The first-order valence-corrected chi connectivity index (χ1v) is 7.00. The number of carboxylic acids is 1. The van der Waals surface area contributed by atoms with Gasteiger partial charge < -0.3 is 5.11 Å². The van der Waals surface area contributed by atoms with Crippen molar-refractivity contribution in [2.45, 2.75) is 10.6 Å². The summed E-state index contributed by atoms with van der Waals surface area (Å²) < 4.78 is 13.0. The van der Waals surface area contributed by atoms with Gasteiger partial charge in [-0.15, -0.1) is 11.8 Å². The van der Waals surface area contributed by atoms with Crippen molar-refractivity contribution in [3.05, 3.63) is 71.6 Å². The Morgan fingerprint density at radius 1 is 1.20 bits per heavy atom. The second kappa shape index (κ2) is 6.91. The first-order valence-electron chi connectivity index (χ1n) is 6.02. The minimum Gasteiger partial charge on any atom is -0.478 e. The summed E-state index contributed by atoms with van der Waals surface area (Å²) >= 11 is 1.56. The zero-order chi connectivity index (χ0) is 14.4. The molecule has 0 amide bonds. The van der Waals surface area contributed by atoms with Crippen LogP contribution in [0, 0.1) is 5.82 Å². The normalized spacial score (nSPS) is 10.8. The molecule has 0 aliphatic heterocycles. The maximum absolute atomic E-state index is 13.0. The lowest BCUT2D eigenvalue weighted by Gasteiger charge is -2.03. The van der Waals surface area contributed by atoms with Crippen molar-refractivity contribution < 1.29 is 14.3 Å². The van der Waals surface area contributed by atoms with Crippen LogP contribution in [0.25, 0.3) is 6.08 Å². The standard InChI is InChI=1S/C16H13FO2S/c17-14-2-1-3-15(10-14)20-11-13-6-4-12(5-7-13)8-9-16(18)19/h1-10H,11H2,(H,18,19)/b9-8+. The van der Waals surface area contributed by atoms with Gasteiger partial charge in [-0.3, -0.25) is 0 Å². The number of thioether (sulfide) groups is 1. The zero-order valence-corrected chi connectivity index (χ0v) is 11.4. The van der Waals surface area contributed by atoms with Gasteiger partial charge in [0.15, 0.2) is 0 Å². The number of carbonyl (C=O) groups is 1. The number of hydrogen-bond donors (Lipinski definition) is 1. The highest BCUT2D eigenvalue weighted by atomic mass is 32.2. The van der Waals surface area contributed by atoms with Crippen LogP contribution in [-0.4, -0.2) is 11.1 Å². The van der Waals surface area contributed by atoms with Gasteiger partial charge in [0.2, 0.25) is 0 Å². The third-order valence-electron chi connectivity index (χ3n) is 2.60. The predicted octanol–water partition coefficient (Wildman–Crippen LogP) is 4.22. The molecule has 0 fully saturated rings. The summed E-state index contributed by atoms with van der Waals surface area (Å²) in [4.78, 5) is 11.3. The minimum atomic E-state index is -0.962. The Morgan fingerprint density at radius 3 is 2.60 bits per heavy atom. The minimum absolute atomic E-state index is 0.232. The molecular weight excluding hydrogens is 275 g/mol. The van der Waals surface area contributed by atoms with Crippen LogP contribution in [0.3, 0.4) is 0 Å². The van der Waals surface area contributed by atoms with E-state index in [0.717, 1.165) is 27.9 Å². The highest BCUT2D eigenvalue weighted by molar-refractivity contribution is 7.98. The molecule has 0 unspecified atom stereocenters. The van der Waals surface area contributed by atoms with E-state index in [1.165, 1.54) is 12.1 Å². The van der Waals surface area contributed by atoms with Gasteiger partial charge in [0.05, 0.1) is 0 Å². The van der Waals surface area contributed by atoms with E-state index in [4.69, 9.17) is 5.11 Å². The Labute approximate surface area is 121 Å². The van der Waals surface area contributed by atoms with Crippen LogP contribution >= 0.6 is 11.8 Å². The van der Waals surface area contributed by atoms with Gasteiger partial charge in [-0.05, 0) is 35.4 Å². The van der Waals surface area contributed by atoms with Crippen LogP contribution in [0.5, 0.6) is 0 Å². The lowest BCUT2D eigenvalue weighted by molar-refractivity contribution is -0.131. The van der Waals surface area contributed by atoms with Gasteiger partial charge in [0.25, 0.3) is 0 Å². The molecule has 1 N–H and O–H groups in total. The van der Waals surface area contributed by atoms with Crippen molar-refractivity contribution in [2.24, 2.45) is 0 Å². The van der Waals surface area contributed by atoms with Crippen LogP contribution < -0.4 is 0 Å². The van der Waals surface area contributed by atoms with E-state index in [1.54, 1.807) is 23.9 Å². The lowest BCUT2D eigenvalue weighted by Crippen LogP contribution is -1.86. The maximum Gasteiger partial charge on any atom is 0.328 e. The summed E-state index contributed by atoms with van der Waals surface area (Å²) in [7, 11) is 0. The average molecular weight is 288 g/mol. The van der Waals surface area contributed by atoms with Gasteiger partial charge >= 0.3 is 5.97 Å². The van der Waals surface area contributed by atoms with Crippen molar-refractivity contribution in [2.75, 3.05) is 0 Å². The van der Waals surface area contributed by atoms with Crippen molar-refractivity contribution in [3.63, 3.8) is 0 Å². The first-order chi connectivity index (χ1) is 9.63. The van der Waals surface area contributed by atoms with Crippen LogP contribution in [-0.2, 0) is 10.5 Å². The molecule has 2 aromatic rings. The van der Waals surface area contributed by atoms with Crippen molar-refractivity contribution in [1.82, 2.24) is 0 Å². The fourth-order valence-electron chi connectivity index (χ4n) is 1.62. The van der Waals surface area contributed by atoms with Gasteiger partial charge in [-0.1, -0.05) is 30.3 Å². The highest BCUT2D eigenvalue weighted by Crippen LogP contribution is 2.23. The van der Waals surface area contributed by atoms with Crippen LogP contribution in [0.1, 0.15) is 11.1 Å². The molecule has 0 bridgehead atoms. The van der Waals surface area contributed by atoms with Crippen molar-refractivity contribution >= 4 is 23.8 Å². The van der Waals surface area contributed by atoms with Crippen LogP contribution in [0.2, 0.25) is 0 Å². The summed E-state index contributed by atoms with van der Waals surface area (Å²) in [6.07, 6.45) is 2.66. The van der Waals surface area contributed by atoms with Gasteiger partial charge in [-0.2, -0.15) is 0 Å². The molecule has 2 nitrogen and oxygen atoms in total. The SMILES string of the molecule is O=C(O)/C=C/c1ccc(CSc2cccc(F)c2)cc1. The molecule has 0 radical (unpaired) electrons. The van der Waals surface area contributed by atoms with E-state index in [9.17, 15) is 9.18 Å². The Morgan fingerprint density at radius 2 is 1.95 bits per heavy atom. The number of hydrogen-bond acceptors (Lipinski definition) is 2. The average Bonchev–Trinajstić information content (AvgIpc) is 2.44. The molecule has 0 heterocycles. The third kappa shape index (κ3) is 4.55. The number of carboxylic acid groups (broad SMARTS) is 1. The summed E-state index contributed by atoms with van der Waals surface area (Å²) in [6.45, 7) is 0. The molecule has 0 aliphatic carbocycles. The van der Waals surface area contributed by atoms with E-state index < -0.39 is 5.97 Å². The number of halogens is 1. The molecular formula is C16H13FO2S. The molecule has 0 atom stereocenters. The van der Waals surface area contributed by atoms with Gasteiger partial charge in [0.1, 0.15) is 5.82 Å². The highest BCUT2D eigenvalue weighted by Gasteiger charge is 1.98. The van der Waals surface area contributed by atoms with E-state index >= 15 is 0 Å². The van der Waals surface area contributed by atoms with Crippen LogP contribution in [0.4, 0.5) is 4.39 Å². The molecule has 0 aliphatic rings. The number of benzene rings is 2. The monoisotopic (exact) mass is 288 g/mol. The van der Waals surface area contributed by atoms with Gasteiger partial charge in [-0.25, -0.2) is 9.18 Å². The quantitative estimate of drug-likeness (QED) is 0.661. The Hall–Kier alpha value is -2.07. The summed E-state index contributed by atoms with van der Waals surface area (Å²) in [5, 5.41) is 8.54. The van der Waals surface area contributed by atoms with Crippen molar-refractivity contribution in [3.8, 4) is 0 Å². The topological polar surface area (TPSA) is 37.3 Å². The molecule has 20 heavy (non-hydrogen) atoms. The molecule has 2 rings (SSSR count).